The molecule has 46 heavy (non-hydrogen) atoms. The predicted molar refractivity (Wildman–Crippen MR) is 190 cm³/mol. The van der Waals surface area contributed by atoms with Crippen LogP contribution in [-0.4, -0.2) is 66.8 Å². The molecule has 270 valence electrons. The molecule has 1 N–H and O–H groups in total. The van der Waals surface area contributed by atoms with Crippen LogP contribution in [0.1, 0.15) is 145 Å². The van der Waals surface area contributed by atoms with Crippen LogP contribution >= 0.6 is 0 Å². The Kier molecular flexibility index (Phi) is 29.7. The molecule has 0 bridgehead atoms. The van der Waals surface area contributed by atoms with E-state index < -0.39 is 0 Å². The molecule has 2 aliphatic rings. The predicted octanol–water partition coefficient (Wildman–Crippen LogP) is 4.57. The third-order valence-electron chi connectivity index (χ3n) is 7.78. The van der Waals surface area contributed by atoms with E-state index >= 15 is 0 Å². The van der Waals surface area contributed by atoms with Gasteiger partial charge in [-0.05, 0) is 117 Å². The fourth-order valence-electron chi connectivity index (χ4n) is 2.74. The summed E-state index contributed by atoms with van der Waals surface area (Å²) in [7, 11) is 3.64. The van der Waals surface area contributed by atoms with Crippen molar-refractivity contribution in [2.45, 2.75) is 156 Å². The molecule has 0 saturated carbocycles. The zero-order valence-corrected chi connectivity index (χ0v) is 33.5. The molecule has 0 radical (unpaired) electrons. The SMILES string of the molecule is C.CC1(C)NC(=O)C1(C)C.CCC.CCOC(=O)C(C)(C)C.CCOC([O-])=C(C)C.CN1C(=O)C(C)(C)C1(C)C.CN=C(C)C.[Li+]. The number of nitrogens with zero attached hydrogens (tertiary/aromatic N) is 2. The average molecular weight is 652 g/mol. The van der Waals surface area contributed by atoms with Crippen LogP contribution in [-0.2, 0) is 23.9 Å². The number of esters is 1. The summed E-state index contributed by atoms with van der Waals surface area (Å²) < 4.78 is 9.39. The number of hydrogen-bond donors (Lipinski definition) is 1. The van der Waals surface area contributed by atoms with Crippen LogP contribution in [0.25, 0.3) is 0 Å². The van der Waals surface area contributed by atoms with Gasteiger partial charge in [0.25, 0.3) is 0 Å². The Morgan fingerprint density at radius 3 is 1.26 bits per heavy atom. The fourth-order valence-corrected chi connectivity index (χ4v) is 2.74. The van der Waals surface area contributed by atoms with E-state index in [-0.39, 0.29) is 77.3 Å². The zero-order valence-electron chi connectivity index (χ0n) is 33.5. The Morgan fingerprint density at radius 1 is 0.848 bits per heavy atom. The van der Waals surface area contributed by atoms with Crippen LogP contribution in [0.3, 0.4) is 0 Å². The van der Waals surface area contributed by atoms with Gasteiger partial charge in [0.2, 0.25) is 11.8 Å². The summed E-state index contributed by atoms with van der Waals surface area (Å²) in [5.74, 6) is 0.0718. The van der Waals surface area contributed by atoms with E-state index in [0.29, 0.717) is 18.8 Å². The molecule has 9 nitrogen and oxygen atoms in total. The molecule has 2 rings (SSSR count). The summed E-state index contributed by atoms with van der Waals surface area (Å²) in [6.07, 6.45) is 1.25. The van der Waals surface area contributed by atoms with Gasteiger partial charge in [0.05, 0.1) is 28.4 Å². The monoisotopic (exact) mass is 652 g/mol. The molecule has 0 aromatic heterocycles. The number of nitrogens with one attached hydrogen (secondary N) is 1. The number of ether oxygens (including phenoxy) is 2. The number of hydrogen-bond acceptors (Lipinski definition) is 7. The van der Waals surface area contributed by atoms with Gasteiger partial charge >= 0.3 is 24.8 Å². The van der Waals surface area contributed by atoms with E-state index in [0.717, 1.165) is 5.71 Å². The molecule has 10 heteroatoms. The maximum Gasteiger partial charge on any atom is 1.00 e. The molecule has 2 fully saturated rings. The van der Waals surface area contributed by atoms with Crippen LogP contribution in [0.5, 0.6) is 0 Å². The molecule has 0 aromatic carbocycles. The van der Waals surface area contributed by atoms with Crippen molar-refractivity contribution in [3.63, 3.8) is 0 Å². The van der Waals surface area contributed by atoms with Gasteiger partial charge in [-0.1, -0.05) is 40.2 Å². The van der Waals surface area contributed by atoms with E-state index in [1.165, 1.54) is 6.42 Å². The van der Waals surface area contributed by atoms with E-state index in [4.69, 9.17) is 4.74 Å². The van der Waals surface area contributed by atoms with Gasteiger partial charge in [-0.2, -0.15) is 0 Å². The zero-order chi connectivity index (χ0) is 36.5. The van der Waals surface area contributed by atoms with Gasteiger partial charge in [0.15, 0.2) is 0 Å². The molecule has 2 heterocycles. The topological polar surface area (TPSA) is 120 Å². The van der Waals surface area contributed by atoms with E-state index in [1.807, 2.05) is 90.1 Å². The molecule has 0 spiro atoms. The maximum atomic E-state index is 11.2. The van der Waals surface area contributed by atoms with Gasteiger partial charge in [-0.25, -0.2) is 0 Å². The first-order valence-corrected chi connectivity index (χ1v) is 15.7. The molecule has 2 saturated heterocycles. The fraction of sp³-hybridized carbons (Fsp3) is 0.833. The van der Waals surface area contributed by atoms with Crippen molar-refractivity contribution in [2.75, 3.05) is 27.3 Å². The van der Waals surface area contributed by atoms with Gasteiger partial charge < -0.3 is 24.8 Å². The van der Waals surface area contributed by atoms with Gasteiger partial charge in [-0.15, -0.1) is 0 Å². The Bertz CT molecular complexity index is 938. The third-order valence-corrected chi connectivity index (χ3v) is 7.78. The number of β-lactam (4-membered cyclic amide) rings is 2. The number of carbonyl (C=O) groups is 3. The molecule has 2 aliphatic heterocycles. The standard InChI is InChI=1S/C8H15NO.C7H13NO.C7H14O2.C6H12O2.C4H9N.C3H8.CH4.Li/c1-7(2)6(10)9(5)8(7,3)4;1-6(2)5(9)8-7(6,3)4;1-5-9-6(8)7(2,3)4;1-4-8-6(7)5(2)3;1-4(2)5-3;1-3-2;;/h1-5H3;1-4H3,(H,8,9);5H2,1-4H3;7H,4H2,1-3H3;1-3H3;3H2,1-2H3;1H4;/q;;;;;;;+1/p-1. The van der Waals surface area contributed by atoms with Crippen molar-refractivity contribution in [3.8, 4) is 0 Å². The van der Waals surface area contributed by atoms with Crippen molar-refractivity contribution in [3.05, 3.63) is 11.5 Å². The van der Waals surface area contributed by atoms with Gasteiger partial charge in [0, 0.05) is 31.3 Å². The second-order valence-corrected chi connectivity index (χ2v) is 14.3. The van der Waals surface area contributed by atoms with Crippen molar-refractivity contribution >= 4 is 23.5 Å². The smallest absolute Gasteiger partial charge is 0.614 e. The number of aliphatic imine (C=N–C) groups is 1. The van der Waals surface area contributed by atoms with Crippen LogP contribution < -0.4 is 29.3 Å². The van der Waals surface area contributed by atoms with Crippen molar-refractivity contribution < 1.29 is 47.8 Å². The molecular formula is C36H74LiN3O6. The second kappa shape index (κ2) is 24.2. The van der Waals surface area contributed by atoms with Crippen molar-refractivity contribution in [1.82, 2.24) is 10.2 Å². The maximum absolute atomic E-state index is 11.2. The first-order valence-electron chi connectivity index (χ1n) is 15.7. The average Bonchev–Trinajstić information content (AvgIpc) is 2.89. The summed E-state index contributed by atoms with van der Waals surface area (Å²) >= 11 is 0. The number of carbonyl (C=O) groups excluding carboxylic acids is 3. The first-order chi connectivity index (χ1) is 19.5. The normalized spacial score (nSPS) is 16.5. The molecule has 0 aliphatic carbocycles. The molecule has 0 aromatic rings. The van der Waals surface area contributed by atoms with Crippen LogP contribution in [0.2, 0.25) is 0 Å². The van der Waals surface area contributed by atoms with Gasteiger partial charge in [0.1, 0.15) is 0 Å². The Labute approximate surface area is 297 Å². The van der Waals surface area contributed by atoms with E-state index in [9.17, 15) is 19.5 Å². The largest absolute Gasteiger partial charge is 1.00 e. The first kappa shape index (κ1) is 56.4. The Balaban J connectivity index is -0.000000107. The quantitative estimate of drug-likeness (QED) is 0.157. The Hall–Kier alpha value is -1.98. The van der Waals surface area contributed by atoms with Gasteiger partial charge in [-0.3, -0.25) is 19.4 Å². The summed E-state index contributed by atoms with van der Waals surface area (Å²) in [6, 6.07) is 0. The van der Waals surface area contributed by atoms with E-state index in [1.54, 1.807) is 32.7 Å². The second-order valence-electron chi connectivity index (χ2n) is 14.3. The summed E-state index contributed by atoms with van der Waals surface area (Å²) in [5, 5.41) is 13.3. The number of rotatable bonds is 3. The number of allylic oxidation sites excluding steroid dienone is 1. The minimum Gasteiger partial charge on any atom is -0.614 e. The number of amides is 2. The summed E-state index contributed by atoms with van der Waals surface area (Å²) in [5.41, 5.74) is 1.16. The third kappa shape index (κ3) is 19.0. The minimum absolute atomic E-state index is 0. The van der Waals surface area contributed by atoms with Crippen molar-refractivity contribution in [2.24, 2.45) is 21.2 Å². The van der Waals surface area contributed by atoms with Crippen molar-refractivity contribution in [1.29, 1.82) is 0 Å². The minimum atomic E-state index is -0.351. The van der Waals surface area contributed by atoms with Crippen LogP contribution in [0.4, 0.5) is 0 Å². The van der Waals surface area contributed by atoms with Crippen LogP contribution in [0, 0.1) is 16.2 Å². The van der Waals surface area contributed by atoms with Crippen LogP contribution in [0.15, 0.2) is 16.5 Å². The molecule has 0 atom stereocenters. The van der Waals surface area contributed by atoms with E-state index in [2.05, 4.69) is 42.7 Å². The molecule has 2 amide bonds. The number of likely N-dealkylation sites (tertiary alicyclic amines) is 1. The summed E-state index contributed by atoms with van der Waals surface area (Å²) in [4.78, 5) is 38.5. The molecule has 0 unspecified atom stereocenters. The summed E-state index contributed by atoms with van der Waals surface area (Å²) in [6.45, 7) is 37.9. The molecular weight excluding hydrogens is 577 g/mol. The Morgan fingerprint density at radius 2 is 1.20 bits per heavy atom.